The summed E-state index contributed by atoms with van der Waals surface area (Å²) in [5.41, 5.74) is 0.655. The standard InChI is InChI=1S/C15H22N6O3S.CH2O2/c1-19(2)25(23,24)10-11-8-21(9-13(11)22)14-5-4-12(17-18-14)15-16-6-7-20(15)3;2-1-3/h4-7,11,13,22H,8-10H2,1-3H3;1H,(H,2,3)/t11-,13-;/m0./s1. The lowest BCUT2D eigenvalue weighted by atomic mass is 10.1. The molecule has 12 heteroatoms. The molecule has 0 aliphatic carbocycles. The predicted molar refractivity (Wildman–Crippen MR) is 102 cm³/mol. The Kier molecular flexibility index (Phi) is 7.05. The molecule has 154 valence electrons. The van der Waals surface area contributed by atoms with Crippen LogP contribution in [-0.2, 0) is 21.9 Å². The Morgan fingerprint density at radius 2 is 1.96 bits per heavy atom. The molecule has 1 saturated heterocycles. The molecule has 2 aromatic rings. The molecule has 0 saturated carbocycles. The van der Waals surface area contributed by atoms with Crippen LogP contribution in [0.1, 0.15) is 0 Å². The zero-order valence-corrected chi connectivity index (χ0v) is 16.7. The fraction of sp³-hybridized carbons (Fsp3) is 0.500. The summed E-state index contributed by atoms with van der Waals surface area (Å²) in [5, 5.41) is 25.5. The molecule has 0 unspecified atom stereocenters. The van der Waals surface area contributed by atoms with Crippen molar-refractivity contribution in [1.29, 1.82) is 0 Å². The maximum Gasteiger partial charge on any atom is 0.290 e. The summed E-state index contributed by atoms with van der Waals surface area (Å²) >= 11 is 0. The third kappa shape index (κ3) is 5.03. The Balaban J connectivity index is 0.000000878. The van der Waals surface area contributed by atoms with Crippen molar-refractivity contribution >= 4 is 22.3 Å². The summed E-state index contributed by atoms with van der Waals surface area (Å²) in [7, 11) is 1.51. The number of carboxylic acid groups (broad SMARTS) is 1. The van der Waals surface area contributed by atoms with E-state index in [1.807, 2.05) is 34.8 Å². The quantitative estimate of drug-likeness (QED) is 0.608. The zero-order chi connectivity index (χ0) is 20.9. The van der Waals surface area contributed by atoms with E-state index in [1.54, 1.807) is 6.20 Å². The number of anilines is 1. The average Bonchev–Trinajstić information content (AvgIpc) is 3.21. The maximum atomic E-state index is 12.0. The van der Waals surface area contributed by atoms with E-state index in [0.29, 0.717) is 24.6 Å². The van der Waals surface area contributed by atoms with Gasteiger partial charge in [0.25, 0.3) is 6.47 Å². The van der Waals surface area contributed by atoms with E-state index in [0.717, 1.165) is 5.82 Å². The highest BCUT2D eigenvalue weighted by Crippen LogP contribution is 2.25. The second-order valence-corrected chi connectivity index (χ2v) is 8.76. The molecule has 3 rings (SSSR count). The van der Waals surface area contributed by atoms with Gasteiger partial charge in [0.1, 0.15) is 5.69 Å². The Hall–Kier alpha value is -2.57. The summed E-state index contributed by atoms with van der Waals surface area (Å²) in [6.45, 7) is 0.509. The Labute approximate surface area is 163 Å². The molecule has 1 aliphatic heterocycles. The van der Waals surface area contributed by atoms with Gasteiger partial charge in [-0.25, -0.2) is 17.7 Å². The molecular formula is C16H24N6O5S. The highest BCUT2D eigenvalue weighted by atomic mass is 32.2. The predicted octanol–water partition coefficient (Wildman–Crippen LogP) is -0.734. The number of aliphatic hydroxyl groups is 1. The first-order valence-corrected chi connectivity index (χ1v) is 10.0. The van der Waals surface area contributed by atoms with Gasteiger partial charge in [-0.2, -0.15) is 0 Å². The lowest BCUT2D eigenvalue weighted by molar-refractivity contribution is -0.122. The monoisotopic (exact) mass is 412 g/mol. The number of β-amino-alcohol motifs (C(OH)–C–C–N with tert-alkyl or cyclic N) is 1. The lowest BCUT2D eigenvalue weighted by Gasteiger charge is -2.18. The number of carbonyl (C=O) groups is 1. The molecule has 2 atom stereocenters. The van der Waals surface area contributed by atoms with Crippen LogP contribution in [0.25, 0.3) is 11.5 Å². The zero-order valence-electron chi connectivity index (χ0n) is 15.9. The SMILES string of the molecule is CN(C)S(=O)(=O)C[C@@H]1CN(c2ccc(-c3nccn3C)nn2)C[C@@H]1O.O=CO. The molecule has 0 radical (unpaired) electrons. The first kappa shape index (κ1) is 21.7. The second-order valence-electron chi connectivity index (χ2n) is 6.54. The molecule has 0 spiro atoms. The molecule has 1 fully saturated rings. The van der Waals surface area contributed by atoms with Gasteiger partial charge in [0.2, 0.25) is 10.0 Å². The van der Waals surface area contributed by atoms with Crippen LogP contribution in [0.4, 0.5) is 5.82 Å². The van der Waals surface area contributed by atoms with Gasteiger partial charge in [-0.1, -0.05) is 0 Å². The van der Waals surface area contributed by atoms with Crippen LogP contribution in [0.15, 0.2) is 24.5 Å². The molecule has 2 N–H and O–H groups in total. The molecule has 11 nitrogen and oxygen atoms in total. The van der Waals surface area contributed by atoms with Crippen LogP contribution >= 0.6 is 0 Å². The highest BCUT2D eigenvalue weighted by Gasteiger charge is 2.36. The van der Waals surface area contributed by atoms with Crippen molar-refractivity contribution in [2.24, 2.45) is 13.0 Å². The Morgan fingerprint density at radius 1 is 1.29 bits per heavy atom. The number of sulfonamides is 1. The smallest absolute Gasteiger partial charge is 0.290 e. The Bertz CT molecular complexity index is 883. The number of aromatic nitrogens is 4. The molecular weight excluding hydrogens is 388 g/mol. The topological polar surface area (TPSA) is 142 Å². The number of rotatable bonds is 5. The van der Waals surface area contributed by atoms with E-state index in [9.17, 15) is 13.5 Å². The average molecular weight is 412 g/mol. The van der Waals surface area contributed by atoms with Crippen molar-refractivity contribution in [3.63, 3.8) is 0 Å². The van der Waals surface area contributed by atoms with Crippen molar-refractivity contribution in [3.05, 3.63) is 24.5 Å². The van der Waals surface area contributed by atoms with Crippen LogP contribution in [0.2, 0.25) is 0 Å². The summed E-state index contributed by atoms with van der Waals surface area (Å²) in [6, 6.07) is 3.63. The van der Waals surface area contributed by atoms with E-state index in [2.05, 4.69) is 15.2 Å². The molecule has 0 aromatic carbocycles. The van der Waals surface area contributed by atoms with Crippen molar-refractivity contribution < 1.29 is 23.4 Å². The van der Waals surface area contributed by atoms with Crippen LogP contribution in [0.5, 0.6) is 0 Å². The molecule has 1 aliphatic rings. The fourth-order valence-corrected chi connectivity index (χ4v) is 4.02. The summed E-state index contributed by atoms with van der Waals surface area (Å²) in [4.78, 5) is 14.4. The van der Waals surface area contributed by atoms with Gasteiger partial charge in [-0.05, 0) is 12.1 Å². The van der Waals surface area contributed by atoms with E-state index in [-0.39, 0.29) is 18.1 Å². The van der Waals surface area contributed by atoms with Crippen molar-refractivity contribution in [2.75, 3.05) is 37.8 Å². The number of imidazole rings is 1. The largest absolute Gasteiger partial charge is 0.483 e. The summed E-state index contributed by atoms with van der Waals surface area (Å²) in [5.74, 6) is 0.886. The highest BCUT2D eigenvalue weighted by molar-refractivity contribution is 7.89. The van der Waals surface area contributed by atoms with Crippen LogP contribution in [-0.4, -0.2) is 88.2 Å². The van der Waals surface area contributed by atoms with Crippen molar-refractivity contribution in [3.8, 4) is 11.5 Å². The van der Waals surface area contributed by atoms with Gasteiger partial charge in [-0.3, -0.25) is 4.79 Å². The molecule has 2 aromatic heterocycles. The van der Waals surface area contributed by atoms with Crippen LogP contribution in [0.3, 0.4) is 0 Å². The van der Waals surface area contributed by atoms with Crippen LogP contribution < -0.4 is 4.90 Å². The number of nitrogens with zero attached hydrogens (tertiary/aromatic N) is 6. The first-order valence-electron chi connectivity index (χ1n) is 8.42. The van der Waals surface area contributed by atoms with E-state index >= 15 is 0 Å². The minimum atomic E-state index is -3.36. The normalized spacial score (nSPS) is 19.4. The van der Waals surface area contributed by atoms with E-state index in [1.165, 1.54) is 18.4 Å². The maximum absolute atomic E-state index is 12.0. The third-order valence-electron chi connectivity index (χ3n) is 4.41. The minimum absolute atomic E-state index is 0.0869. The van der Waals surface area contributed by atoms with Gasteiger partial charge in [0.15, 0.2) is 11.6 Å². The number of hydrogen-bond donors (Lipinski definition) is 2. The van der Waals surface area contributed by atoms with Gasteiger partial charge in [-0.15, -0.1) is 10.2 Å². The molecule has 3 heterocycles. The second kappa shape index (κ2) is 9.08. The summed E-state index contributed by atoms with van der Waals surface area (Å²) < 4.78 is 27.1. The van der Waals surface area contributed by atoms with E-state index < -0.39 is 16.1 Å². The first-order chi connectivity index (χ1) is 13.2. The third-order valence-corrected chi connectivity index (χ3v) is 6.37. The minimum Gasteiger partial charge on any atom is -0.483 e. The lowest BCUT2D eigenvalue weighted by Crippen LogP contribution is -2.33. The van der Waals surface area contributed by atoms with Gasteiger partial charge in [0.05, 0.1) is 11.9 Å². The fourth-order valence-electron chi connectivity index (χ4n) is 2.85. The molecule has 0 bridgehead atoms. The molecule has 28 heavy (non-hydrogen) atoms. The molecule has 0 amide bonds. The number of hydrogen-bond acceptors (Lipinski definition) is 8. The van der Waals surface area contributed by atoms with Gasteiger partial charge >= 0.3 is 0 Å². The van der Waals surface area contributed by atoms with Gasteiger partial charge in [0, 0.05) is 52.5 Å². The van der Waals surface area contributed by atoms with Crippen LogP contribution in [0, 0.1) is 5.92 Å². The number of aryl methyl sites for hydroxylation is 1. The van der Waals surface area contributed by atoms with E-state index in [4.69, 9.17) is 9.90 Å². The van der Waals surface area contributed by atoms with Crippen molar-refractivity contribution in [1.82, 2.24) is 24.1 Å². The Morgan fingerprint density at radius 3 is 2.46 bits per heavy atom. The summed E-state index contributed by atoms with van der Waals surface area (Å²) in [6.07, 6.45) is 2.81. The van der Waals surface area contributed by atoms with Crippen molar-refractivity contribution in [2.45, 2.75) is 6.10 Å². The van der Waals surface area contributed by atoms with Gasteiger partial charge < -0.3 is 19.7 Å². The number of aliphatic hydroxyl groups excluding tert-OH is 1.